The van der Waals surface area contributed by atoms with Gasteiger partial charge >= 0.3 is 0 Å². The lowest BCUT2D eigenvalue weighted by atomic mass is 9.90. The van der Waals surface area contributed by atoms with E-state index in [2.05, 4.69) is 32.9 Å². The minimum atomic E-state index is 0.00875. The van der Waals surface area contributed by atoms with E-state index in [4.69, 9.17) is 4.42 Å². The molecule has 1 aromatic carbocycles. The normalized spacial score (nSPS) is 10.8. The maximum Gasteiger partial charge on any atom is 0.228 e. The molecule has 0 fully saturated rings. The van der Waals surface area contributed by atoms with E-state index in [1.54, 1.807) is 6.07 Å². The van der Waals surface area contributed by atoms with E-state index in [1.807, 2.05) is 13.0 Å². The summed E-state index contributed by atoms with van der Waals surface area (Å²) in [6.07, 6.45) is 2.72. The number of hydrogen-bond donors (Lipinski definition) is 0. The fraction of sp³-hybridized carbons (Fsp3) is 0.389. The van der Waals surface area contributed by atoms with Gasteiger partial charge in [0.25, 0.3) is 0 Å². The smallest absolute Gasteiger partial charge is 0.228 e. The topological polar surface area (TPSA) is 30.2 Å². The van der Waals surface area contributed by atoms with Gasteiger partial charge in [-0.25, -0.2) is 0 Å². The molecule has 2 nitrogen and oxygen atoms in total. The molecule has 2 aromatic rings. The van der Waals surface area contributed by atoms with E-state index < -0.39 is 0 Å². The summed E-state index contributed by atoms with van der Waals surface area (Å²) >= 11 is 0. The molecule has 0 saturated heterocycles. The van der Waals surface area contributed by atoms with Crippen LogP contribution >= 0.6 is 0 Å². The predicted molar refractivity (Wildman–Crippen MR) is 81.5 cm³/mol. The monoisotopic (exact) mass is 270 g/mol. The molecule has 1 heterocycles. The number of carbonyl (C=O) groups is 1. The quantitative estimate of drug-likeness (QED) is 0.748. The summed E-state index contributed by atoms with van der Waals surface area (Å²) < 4.78 is 5.51. The molecule has 0 amide bonds. The number of benzene rings is 1. The lowest BCUT2D eigenvalue weighted by molar-refractivity contribution is 0.101. The van der Waals surface area contributed by atoms with Gasteiger partial charge in [-0.15, -0.1) is 0 Å². The van der Waals surface area contributed by atoms with Gasteiger partial charge in [-0.05, 0) is 55.0 Å². The Hall–Kier alpha value is -1.83. The van der Waals surface area contributed by atoms with Gasteiger partial charge in [-0.2, -0.15) is 0 Å². The molecule has 0 atom stereocenters. The van der Waals surface area contributed by atoms with E-state index in [0.29, 0.717) is 5.76 Å². The second-order valence-corrected chi connectivity index (χ2v) is 5.09. The van der Waals surface area contributed by atoms with Gasteiger partial charge < -0.3 is 4.42 Å². The zero-order chi connectivity index (χ0) is 14.7. The van der Waals surface area contributed by atoms with Crippen LogP contribution in [0, 0.1) is 6.92 Å². The van der Waals surface area contributed by atoms with Crippen molar-refractivity contribution < 1.29 is 9.21 Å². The van der Waals surface area contributed by atoms with E-state index in [-0.39, 0.29) is 5.78 Å². The second kappa shape index (κ2) is 6.08. The number of rotatable bonds is 5. The van der Waals surface area contributed by atoms with Crippen LogP contribution in [0.1, 0.15) is 59.3 Å². The maximum atomic E-state index is 12.7. The highest BCUT2D eigenvalue weighted by molar-refractivity contribution is 6.09. The first-order valence-corrected chi connectivity index (χ1v) is 7.36. The number of hydrogen-bond acceptors (Lipinski definition) is 2. The Morgan fingerprint density at radius 3 is 2.00 bits per heavy atom. The van der Waals surface area contributed by atoms with Crippen molar-refractivity contribution in [3.63, 3.8) is 0 Å². The van der Waals surface area contributed by atoms with Crippen LogP contribution < -0.4 is 0 Å². The van der Waals surface area contributed by atoms with E-state index in [9.17, 15) is 4.79 Å². The fourth-order valence-electron chi connectivity index (χ4n) is 2.57. The molecular formula is C18H22O2. The number of aryl methyl sites for hydroxylation is 4. The van der Waals surface area contributed by atoms with Gasteiger partial charge in [0.2, 0.25) is 5.78 Å². The zero-order valence-corrected chi connectivity index (χ0v) is 12.7. The molecule has 0 saturated carbocycles. The van der Waals surface area contributed by atoms with Crippen molar-refractivity contribution in [2.45, 2.75) is 47.0 Å². The van der Waals surface area contributed by atoms with Crippen LogP contribution in [0.25, 0.3) is 0 Å². The van der Waals surface area contributed by atoms with Crippen LogP contribution in [-0.4, -0.2) is 5.78 Å². The van der Waals surface area contributed by atoms with Crippen LogP contribution in [0.4, 0.5) is 0 Å². The van der Waals surface area contributed by atoms with Crippen molar-refractivity contribution in [1.29, 1.82) is 0 Å². The molecule has 0 N–H and O–H groups in total. The summed E-state index contributed by atoms with van der Waals surface area (Å²) in [5, 5.41) is 0. The SMILES string of the molecule is CCc1cc(CC)c(C(=O)c2ccc(C)o2)c(CC)c1. The molecule has 2 rings (SSSR count). The highest BCUT2D eigenvalue weighted by Crippen LogP contribution is 2.24. The van der Waals surface area contributed by atoms with E-state index in [0.717, 1.165) is 41.7 Å². The molecule has 0 spiro atoms. The van der Waals surface area contributed by atoms with Gasteiger partial charge in [0.05, 0.1) is 0 Å². The Kier molecular flexibility index (Phi) is 4.43. The summed E-state index contributed by atoms with van der Waals surface area (Å²) in [6.45, 7) is 8.20. The van der Waals surface area contributed by atoms with Crippen LogP contribution in [0.2, 0.25) is 0 Å². The van der Waals surface area contributed by atoms with Gasteiger partial charge in [0, 0.05) is 5.56 Å². The minimum Gasteiger partial charge on any atom is -0.458 e. The molecule has 1 aromatic heterocycles. The van der Waals surface area contributed by atoms with Crippen LogP contribution in [0.15, 0.2) is 28.7 Å². The van der Waals surface area contributed by atoms with E-state index in [1.165, 1.54) is 5.56 Å². The van der Waals surface area contributed by atoms with Crippen molar-refractivity contribution in [3.8, 4) is 0 Å². The molecule has 0 unspecified atom stereocenters. The van der Waals surface area contributed by atoms with Gasteiger partial charge in [0.15, 0.2) is 5.76 Å². The largest absolute Gasteiger partial charge is 0.458 e. The number of ketones is 1. The van der Waals surface area contributed by atoms with Gasteiger partial charge in [-0.3, -0.25) is 4.79 Å². The van der Waals surface area contributed by atoms with Gasteiger partial charge in [-0.1, -0.05) is 32.9 Å². The third-order valence-corrected chi connectivity index (χ3v) is 3.72. The van der Waals surface area contributed by atoms with Crippen molar-refractivity contribution >= 4 is 5.78 Å². The lowest BCUT2D eigenvalue weighted by Gasteiger charge is -2.13. The van der Waals surface area contributed by atoms with E-state index >= 15 is 0 Å². The number of furan rings is 1. The number of carbonyl (C=O) groups excluding carboxylic acids is 1. The average molecular weight is 270 g/mol. The zero-order valence-electron chi connectivity index (χ0n) is 12.7. The Morgan fingerprint density at radius 1 is 1.00 bits per heavy atom. The molecule has 0 radical (unpaired) electrons. The molecular weight excluding hydrogens is 248 g/mol. The standard InChI is InChI=1S/C18H22O2/c1-5-13-10-14(6-2)17(15(7-3)11-13)18(19)16-9-8-12(4)20-16/h8-11H,5-7H2,1-4H3. The van der Waals surface area contributed by atoms with Crippen LogP contribution in [0.5, 0.6) is 0 Å². The molecule has 0 aliphatic rings. The minimum absolute atomic E-state index is 0.00875. The van der Waals surface area contributed by atoms with Crippen molar-refractivity contribution in [2.24, 2.45) is 0 Å². The first-order valence-electron chi connectivity index (χ1n) is 7.36. The molecule has 106 valence electrons. The predicted octanol–water partition coefficient (Wildman–Crippen LogP) is 4.51. The van der Waals surface area contributed by atoms with Gasteiger partial charge in [0.1, 0.15) is 5.76 Å². The third kappa shape index (κ3) is 2.69. The third-order valence-electron chi connectivity index (χ3n) is 3.72. The molecule has 2 heteroatoms. The first-order chi connectivity index (χ1) is 9.60. The Bertz CT molecular complexity index is 595. The summed E-state index contributed by atoms with van der Waals surface area (Å²) in [7, 11) is 0. The summed E-state index contributed by atoms with van der Waals surface area (Å²) in [5.41, 5.74) is 4.38. The Balaban J connectivity index is 2.56. The van der Waals surface area contributed by atoms with Crippen molar-refractivity contribution in [2.75, 3.05) is 0 Å². The molecule has 0 aliphatic carbocycles. The summed E-state index contributed by atoms with van der Waals surface area (Å²) in [4.78, 5) is 12.7. The van der Waals surface area contributed by atoms with Crippen LogP contribution in [-0.2, 0) is 19.3 Å². The highest BCUT2D eigenvalue weighted by Gasteiger charge is 2.20. The second-order valence-electron chi connectivity index (χ2n) is 5.09. The lowest BCUT2D eigenvalue weighted by Crippen LogP contribution is -2.09. The summed E-state index contributed by atoms with van der Waals surface area (Å²) in [6, 6.07) is 7.92. The Morgan fingerprint density at radius 2 is 1.60 bits per heavy atom. The molecule has 0 aliphatic heterocycles. The average Bonchev–Trinajstić information content (AvgIpc) is 2.91. The van der Waals surface area contributed by atoms with Crippen molar-refractivity contribution in [3.05, 3.63) is 58.0 Å². The molecule has 0 bridgehead atoms. The fourth-order valence-corrected chi connectivity index (χ4v) is 2.57. The maximum absolute atomic E-state index is 12.7. The Labute approximate surface area is 120 Å². The summed E-state index contributed by atoms with van der Waals surface area (Å²) in [5.74, 6) is 1.22. The van der Waals surface area contributed by atoms with Crippen LogP contribution in [0.3, 0.4) is 0 Å². The molecule has 20 heavy (non-hydrogen) atoms. The highest BCUT2D eigenvalue weighted by atomic mass is 16.3. The first kappa shape index (κ1) is 14.6. The van der Waals surface area contributed by atoms with Crippen molar-refractivity contribution in [1.82, 2.24) is 0 Å².